The van der Waals surface area contributed by atoms with Crippen LogP contribution in [0.2, 0.25) is 0 Å². The minimum absolute atomic E-state index is 0.103. The Bertz CT molecular complexity index is 194. The van der Waals surface area contributed by atoms with Crippen LogP contribution in [0.1, 0.15) is 0 Å². The van der Waals surface area contributed by atoms with E-state index in [1.54, 1.807) is 0 Å². The third-order valence-corrected chi connectivity index (χ3v) is 1.33. The summed E-state index contributed by atoms with van der Waals surface area (Å²) in [6, 6.07) is 0. The molecule has 86 valence electrons. The summed E-state index contributed by atoms with van der Waals surface area (Å²) in [6.45, 7) is 2.58. The molecule has 0 unspecified atom stereocenters. The summed E-state index contributed by atoms with van der Waals surface area (Å²) >= 11 is 0. The standard InChI is InChI=1S/C8H15N3O4/c9-11-10-1-3-13-5-7-15-8-6-14-4-2-12/h2H,1,3-8H2. The summed E-state index contributed by atoms with van der Waals surface area (Å²) < 4.78 is 15.0. The van der Waals surface area contributed by atoms with Crippen LogP contribution in [0, 0.1) is 0 Å². The van der Waals surface area contributed by atoms with Crippen LogP contribution < -0.4 is 0 Å². The van der Waals surface area contributed by atoms with Crippen molar-refractivity contribution < 1.29 is 19.0 Å². The van der Waals surface area contributed by atoms with E-state index in [0.29, 0.717) is 45.9 Å². The lowest BCUT2D eigenvalue weighted by Gasteiger charge is -2.04. The molecule has 0 fully saturated rings. The van der Waals surface area contributed by atoms with E-state index in [1.165, 1.54) is 0 Å². The van der Waals surface area contributed by atoms with Crippen LogP contribution in [0.25, 0.3) is 10.4 Å². The van der Waals surface area contributed by atoms with Gasteiger partial charge in [-0.2, -0.15) is 0 Å². The molecule has 0 aromatic heterocycles. The first-order valence-corrected chi connectivity index (χ1v) is 4.59. The van der Waals surface area contributed by atoms with Gasteiger partial charge in [0.05, 0.1) is 33.0 Å². The molecule has 0 aliphatic heterocycles. The number of hydrogen-bond acceptors (Lipinski definition) is 5. The Morgan fingerprint density at radius 1 is 1.07 bits per heavy atom. The van der Waals surface area contributed by atoms with Crippen LogP contribution in [0.5, 0.6) is 0 Å². The Kier molecular flexibility index (Phi) is 11.9. The predicted octanol–water partition coefficient (Wildman–Crippen LogP) is 0.545. The van der Waals surface area contributed by atoms with Crippen molar-refractivity contribution in [2.75, 3.05) is 46.2 Å². The second-order valence-electron chi connectivity index (χ2n) is 2.42. The minimum Gasteiger partial charge on any atom is -0.379 e. The van der Waals surface area contributed by atoms with Crippen LogP contribution >= 0.6 is 0 Å². The van der Waals surface area contributed by atoms with Crippen molar-refractivity contribution in [2.45, 2.75) is 0 Å². The molecule has 0 atom stereocenters. The Balaban J connectivity index is 2.92. The van der Waals surface area contributed by atoms with Gasteiger partial charge in [-0.05, 0) is 5.53 Å². The number of rotatable bonds is 11. The van der Waals surface area contributed by atoms with Gasteiger partial charge in [0.2, 0.25) is 0 Å². The minimum atomic E-state index is 0.103. The zero-order valence-electron chi connectivity index (χ0n) is 8.50. The first kappa shape index (κ1) is 13.9. The summed E-state index contributed by atoms with van der Waals surface area (Å²) in [6.07, 6.45) is 0.693. The zero-order chi connectivity index (χ0) is 11.2. The van der Waals surface area contributed by atoms with Crippen molar-refractivity contribution in [1.29, 1.82) is 0 Å². The maximum absolute atomic E-state index is 9.85. The molecular formula is C8H15N3O4. The number of azide groups is 1. The average Bonchev–Trinajstić information content (AvgIpc) is 2.26. The van der Waals surface area contributed by atoms with E-state index in [1.807, 2.05) is 0 Å². The molecule has 0 N–H and O–H groups in total. The van der Waals surface area contributed by atoms with Gasteiger partial charge in [-0.1, -0.05) is 5.11 Å². The molecular weight excluding hydrogens is 202 g/mol. The molecule has 0 spiro atoms. The van der Waals surface area contributed by atoms with Crippen molar-refractivity contribution in [3.05, 3.63) is 10.4 Å². The van der Waals surface area contributed by atoms with Crippen molar-refractivity contribution >= 4 is 6.29 Å². The summed E-state index contributed by atoms with van der Waals surface area (Å²) in [7, 11) is 0. The summed E-state index contributed by atoms with van der Waals surface area (Å²) in [4.78, 5) is 12.4. The molecule has 7 nitrogen and oxygen atoms in total. The number of carbonyl (C=O) groups is 1. The number of hydrogen-bond donors (Lipinski definition) is 0. The van der Waals surface area contributed by atoms with Crippen LogP contribution in [-0.4, -0.2) is 52.5 Å². The quantitative estimate of drug-likeness (QED) is 0.166. The van der Waals surface area contributed by atoms with Crippen molar-refractivity contribution in [3.8, 4) is 0 Å². The lowest BCUT2D eigenvalue weighted by molar-refractivity contribution is -0.112. The van der Waals surface area contributed by atoms with Crippen LogP contribution in [0.3, 0.4) is 0 Å². The third kappa shape index (κ3) is 12.9. The van der Waals surface area contributed by atoms with E-state index in [2.05, 4.69) is 10.0 Å². The van der Waals surface area contributed by atoms with Crippen molar-refractivity contribution in [1.82, 2.24) is 0 Å². The highest BCUT2D eigenvalue weighted by Crippen LogP contribution is 1.81. The second-order valence-corrected chi connectivity index (χ2v) is 2.42. The summed E-state index contributed by atoms with van der Waals surface area (Å²) in [5.74, 6) is 0. The molecule has 0 heterocycles. The van der Waals surface area contributed by atoms with Gasteiger partial charge in [-0.3, -0.25) is 0 Å². The smallest absolute Gasteiger partial charge is 0.145 e. The van der Waals surface area contributed by atoms with E-state index in [0.717, 1.165) is 0 Å². The molecule has 0 aromatic rings. The lowest BCUT2D eigenvalue weighted by atomic mass is 10.7. The highest BCUT2D eigenvalue weighted by atomic mass is 16.5. The molecule has 0 aliphatic carbocycles. The van der Waals surface area contributed by atoms with Gasteiger partial charge in [-0.15, -0.1) is 0 Å². The largest absolute Gasteiger partial charge is 0.379 e. The third-order valence-electron chi connectivity index (χ3n) is 1.33. The zero-order valence-corrected chi connectivity index (χ0v) is 8.50. The Labute approximate surface area is 87.9 Å². The van der Waals surface area contributed by atoms with Crippen molar-refractivity contribution in [2.24, 2.45) is 5.11 Å². The van der Waals surface area contributed by atoms with E-state index in [9.17, 15) is 4.79 Å². The fourth-order valence-corrected chi connectivity index (χ4v) is 0.721. The molecule has 0 amide bonds. The van der Waals surface area contributed by atoms with Crippen LogP contribution in [-0.2, 0) is 19.0 Å². The Morgan fingerprint density at radius 2 is 1.67 bits per heavy atom. The maximum atomic E-state index is 9.85. The van der Waals surface area contributed by atoms with Gasteiger partial charge < -0.3 is 19.0 Å². The fraction of sp³-hybridized carbons (Fsp3) is 0.875. The highest BCUT2D eigenvalue weighted by Gasteiger charge is 1.90. The van der Waals surface area contributed by atoms with Gasteiger partial charge in [0.15, 0.2) is 0 Å². The number of carbonyl (C=O) groups excluding carboxylic acids is 1. The molecule has 0 radical (unpaired) electrons. The summed E-state index contributed by atoms with van der Waals surface area (Å²) in [5, 5.41) is 3.30. The topological polar surface area (TPSA) is 93.5 Å². The maximum Gasteiger partial charge on any atom is 0.145 e. The van der Waals surface area contributed by atoms with Crippen LogP contribution in [0.15, 0.2) is 5.11 Å². The molecule has 0 rings (SSSR count). The van der Waals surface area contributed by atoms with Gasteiger partial charge in [-0.25, -0.2) is 0 Å². The molecule has 0 saturated carbocycles. The Hall–Kier alpha value is -1.14. The summed E-state index contributed by atoms with van der Waals surface area (Å²) in [5.41, 5.74) is 7.95. The van der Waals surface area contributed by atoms with Crippen molar-refractivity contribution in [3.63, 3.8) is 0 Å². The van der Waals surface area contributed by atoms with Gasteiger partial charge in [0.1, 0.15) is 12.9 Å². The normalized spacial score (nSPS) is 9.60. The Morgan fingerprint density at radius 3 is 2.27 bits per heavy atom. The number of nitrogens with zero attached hydrogens (tertiary/aromatic N) is 3. The predicted molar refractivity (Wildman–Crippen MR) is 52.5 cm³/mol. The fourth-order valence-electron chi connectivity index (χ4n) is 0.721. The van der Waals surface area contributed by atoms with Gasteiger partial charge in [0.25, 0.3) is 0 Å². The molecule has 7 heteroatoms. The van der Waals surface area contributed by atoms with E-state index in [-0.39, 0.29) is 6.61 Å². The second kappa shape index (κ2) is 12.9. The highest BCUT2D eigenvalue weighted by molar-refractivity contribution is 5.50. The molecule has 0 saturated heterocycles. The first-order valence-electron chi connectivity index (χ1n) is 4.59. The number of ether oxygens (including phenoxy) is 3. The van der Waals surface area contributed by atoms with E-state index in [4.69, 9.17) is 19.7 Å². The number of aldehydes is 1. The molecule has 0 aliphatic rings. The SMILES string of the molecule is [N-]=[N+]=NCCOCCOCCOCC=O. The average molecular weight is 217 g/mol. The molecule has 15 heavy (non-hydrogen) atoms. The monoisotopic (exact) mass is 217 g/mol. The van der Waals surface area contributed by atoms with Gasteiger partial charge in [0, 0.05) is 11.5 Å². The van der Waals surface area contributed by atoms with E-state index >= 15 is 0 Å². The molecule has 0 bridgehead atoms. The first-order chi connectivity index (χ1) is 7.41. The molecule has 0 aromatic carbocycles. The lowest BCUT2D eigenvalue weighted by Crippen LogP contribution is -2.11. The van der Waals surface area contributed by atoms with Gasteiger partial charge >= 0.3 is 0 Å². The van der Waals surface area contributed by atoms with E-state index < -0.39 is 0 Å². The van der Waals surface area contributed by atoms with Crippen LogP contribution in [0.4, 0.5) is 0 Å².